The number of halogens is 2. The zero-order valence-electron chi connectivity index (χ0n) is 16.4. The maximum Gasteiger partial charge on any atom is 0.224 e. The van der Waals surface area contributed by atoms with E-state index in [-0.39, 0.29) is 30.7 Å². The summed E-state index contributed by atoms with van der Waals surface area (Å²) in [4.78, 5) is 14.6. The standard InChI is InChI=1S/C22H29N3O.2ClH/c1-17-3-2-12-25(15-17)16-20-6-4-19(5-7-20)14-24-22(26)13-18-8-10-21(23)11-9-18;;/h4-11,17H,2-3,12-16,23H2,1H3,(H,24,26);2*1H. The SMILES string of the molecule is CC1CCCN(Cc2ccc(CNC(=O)Cc3ccc(N)cc3)cc2)C1.Cl.Cl. The zero-order chi connectivity index (χ0) is 18.4. The van der Waals surface area contributed by atoms with Crippen molar-refractivity contribution >= 4 is 36.4 Å². The molecule has 1 saturated heterocycles. The molecule has 0 radical (unpaired) electrons. The molecule has 1 aliphatic heterocycles. The largest absolute Gasteiger partial charge is 0.399 e. The molecule has 1 heterocycles. The first-order valence-electron chi connectivity index (χ1n) is 9.50. The van der Waals surface area contributed by atoms with Gasteiger partial charge < -0.3 is 11.1 Å². The molecule has 1 fully saturated rings. The van der Waals surface area contributed by atoms with Crippen molar-refractivity contribution in [3.63, 3.8) is 0 Å². The molecule has 2 aromatic rings. The number of likely N-dealkylation sites (tertiary alicyclic amines) is 1. The average molecular weight is 424 g/mol. The molecular weight excluding hydrogens is 393 g/mol. The van der Waals surface area contributed by atoms with E-state index in [1.54, 1.807) is 0 Å². The van der Waals surface area contributed by atoms with E-state index >= 15 is 0 Å². The van der Waals surface area contributed by atoms with E-state index in [1.165, 1.54) is 31.5 Å². The highest BCUT2D eigenvalue weighted by Crippen LogP contribution is 2.18. The molecular formula is C22H31Cl2N3O. The van der Waals surface area contributed by atoms with Crippen LogP contribution in [0.2, 0.25) is 0 Å². The molecule has 6 heteroatoms. The highest BCUT2D eigenvalue weighted by atomic mass is 35.5. The smallest absolute Gasteiger partial charge is 0.224 e. The van der Waals surface area contributed by atoms with Gasteiger partial charge in [-0.3, -0.25) is 9.69 Å². The van der Waals surface area contributed by atoms with E-state index in [9.17, 15) is 4.79 Å². The molecule has 3 rings (SSSR count). The molecule has 2 aromatic carbocycles. The number of nitrogens with zero attached hydrogens (tertiary/aromatic N) is 1. The van der Waals surface area contributed by atoms with Crippen molar-refractivity contribution < 1.29 is 4.79 Å². The van der Waals surface area contributed by atoms with E-state index in [0.29, 0.717) is 18.7 Å². The maximum atomic E-state index is 12.1. The third-order valence-corrected chi connectivity index (χ3v) is 5.00. The number of hydrogen-bond donors (Lipinski definition) is 2. The van der Waals surface area contributed by atoms with Crippen LogP contribution in [0.3, 0.4) is 0 Å². The van der Waals surface area contributed by atoms with Crippen LogP contribution in [0.15, 0.2) is 48.5 Å². The van der Waals surface area contributed by atoms with Gasteiger partial charge in [0, 0.05) is 25.3 Å². The number of anilines is 1. The second-order valence-corrected chi connectivity index (χ2v) is 7.49. The number of rotatable bonds is 6. The lowest BCUT2D eigenvalue weighted by molar-refractivity contribution is -0.120. The Morgan fingerprint density at radius 3 is 2.29 bits per heavy atom. The van der Waals surface area contributed by atoms with Gasteiger partial charge in [-0.1, -0.05) is 43.3 Å². The molecule has 28 heavy (non-hydrogen) atoms. The minimum absolute atomic E-state index is 0. The lowest BCUT2D eigenvalue weighted by atomic mass is 9.99. The highest BCUT2D eigenvalue weighted by molar-refractivity contribution is 5.85. The molecule has 0 aromatic heterocycles. The van der Waals surface area contributed by atoms with Gasteiger partial charge in [-0.25, -0.2) is 0 Å². The summed E-state index contributed by atoms with van der Waals surface area (Å²) < 4.78 is 0. The average Bonchev–Trinajstić information content (AvgIpc) is 2.63. The third kappa shape index (κ3) is 7.70. The van der Waals surface area contributed by atoms with Crippen molar-refractivity contribution in [1.29, 1.82) is 0 Å². The van der Waals surface area contributed by atoms with Crippen molar-refractivity contribution in [3.8, 4) is 0 Å². The maximum absolute atomic E-state index is 12.1. The lowest BCUT2D eigenvalue weighted by Gasteiger charge is -2.30. The second-order valence-electron chi connectivity index (χ2n) is 7.49. The Kier molecular flexibility index (Phi) is 10.4. The number of piperidine rings is 1. The van der Waals surface area contributed by atoms with Crippen LogP contribution >= 0.6 is 24.8 Å². The van der Waals surface area contributed by atoms with E-state index in [0.717, 1.165) is 23.6 Å². The van der Waals surface area contributed by atoms with Gasteiger partial charge in [0.15, 0.2) is 0 Å². The second kappa shape index (κ2) is 11.9. The van der Waals surface area contributed by atoms with Crippen LogP contribution in [-0.2, 0) is 24.3 Å². The molecule has 0 spiro atoms. The van der Waals surface area contributed by atoms with Crippen molar-refractivity contribution in [2.45, 2.75) is 39.3 Å². The monoisotopic (exact) mass is 423 g/mol. The Morgan fingerprint density at radius 1 is 1.04 bits per heavy atom. The van der Waals surface area contributed by atoms with Gasteiger partial charge in [-0.15, -0.1) is 24.8 Å². The molecule has 0 bridgehead atoms. The number of nitrogens with two attached hydrogens (primary N) is 1. The van der Waals surface area contributed by atoms with Gasteiger partial charge in [0.25, 0.3) is 0 Å². The van der Waals surface area contributed by atoms with Crippen LogP contribution in [0.25, 0.3) is 0 Å². The molecule has 1 atom stereocenters. The Balaban J connectivity index is 0.00000196. The summed E-state index contributed by atoms with van der Waals surface area (Å²) in [6.45, 7) is 6.32. The number of benzene rings is 2. The van der Waals surface area contributed by atoms with E-state index in [1.807, 2.05) is 24.3 Å². The fourth-order valence-electron chi connectivity index (χ4n) is 3.54. The first-order valence-corrected chi connectivity index (χ1v) is 9.50. The summed E-state index contributed by atoms with van der Waals surface area (Å²) >= 11 is 0. The fraction of sp³-hybridized carbons (Fsp3) is 0.409. The van der Waals surface area contributed by atoms with Crippen LogP contribution in [0.5, 0.6) is 0 Å². The molecule has 3 N–H and O–H groups in total. The Labute approximate surface area is 180 Å². The zero-order valence-corrected chi connectivity index (χ0v) is 18.0. The summed E-state index contributed by atoms with van der Waals surface area (Å²) in [5, 5.41) is 2.99. The molecule has 4 nitrogen and oxygen atoms in total. The van der Waals surface area contributed by atoms with Crippen LogP contribution in [0.4, 0.5) is 5.69 Å². The van der Waals surface area contributed by atoms with Gasteiger partial charge in [0.05, 0.1) is 6.42 Å². The first-order chi connectivity index (χ1) is 12.6. The fourth-order valence-corrected chi connectivity index (χ4v) is 3.54. The predicted octanol–water partition coefficient (Wildman–Crippen LogP) is 4.20. The molecule has 0 aliphatic carbocycles. The van der Waals surface area contributed by atoms with Crippen LogP contribution < -0.4 is 11.1 Å². The van der Waals surface area contributed by atoms with Crippen molar-refractivity contribution in [2.24, 2.45) is 5.92 Å². The lowest BCUT2D eigenvalue weighted by Crippen LogP contribution is -2.33. The Morgan fingerprint density at radius 2 is 1.64 bits per heavy atom. The summed E-state index contributed by atoms with van der Waals surface area (Å²) in [6, 6.07) is 16.0. The van der Waals surface area contributed by atoms with E-state index in [2.05, 4.69) is 41.4 Å². The van der Waals surface area contributed by atoms with Crippen LogP contribution in [0.1, 0.15) is 36.5 Å². The quantitative estimate of drug-likeness (QED) is 0.684. The van der Waals surface area contributed by atoms with Gasteiger partial charge in [-0.2, -0.15) is 0 Å². The molecule has 0 saturated carbocycles. The Hall–Kier alpha value is -1.75. The predicted molar refractivity (Wildman–Crippen MR) is 121 cm³/mol. The normalized spacial score (nSPS) is 16.5. The summed E-state index contributed by atoms with van der Waals surface area (Å²) in [5.41, 5.74) is 9.83. The van der Waals surface area contributed by atoms with Crippen molar-refractivity contribution in [2.75, 3.05) is 18.8 Å². The number of nitrogens with one attached hydrogen (secondary N) is 1. The molecule has 1 amide bonds. The van der Waals surface area contributed by atoms with Crippen LogP contribution in [-0.4, -0.2) is 23.9 Å². The molecule has 1 aliphatic rings. The van der Waals surface area contributed by atoms with Gasteiger partial charge in [0.2, 0.25) is 5.91 Å². The number of amides is 1. The minimum atomic E-state index is 0. The summed E-state index contributed by atoms with van der Waals surface area (Å²) in [7, 11) is 0. The van der Waals surface area contributed by atoms with Gasteiger partial charge >= 0.3 is 0 Å². The summed E-state index contributed by atoms with van der Waals surface area (Å²) in [6.07, 6.45) is 3.04. The number of nitrogen functional groups attached to an aromatic ring is 1. The number of hydrogen-bond acceptors (Lipinski definition) is 3. The van der Waals surface area contributed by atoms with Gasteiger partial charge in [-0.05, 0) is 54.1 Å². The number of carbonyl (C=O) groups excluding carboxylic acids is 1. The van der Waals surface area contributed by atoms with Crippen molar-refractivity contribution in [3.05, 3.63) is 65.2 Å². The van der Waals surface area contributed by atoms with E-state index < -0.39 is 0 Å². The van der Waals surface area contributed by atoms with Crippen LogP contribution in [0, 0.1) is 5.92 Å². The third-order valence-electron chi connectivity index (χ3n) is 5.00. The summed E-state index contributed by atoms with van der Waals surface area (Å²) in [5.74, 6) is 0.834. The van der Waals surface area contributed by atoms with Gasteiger partial charge in [0.1, 0.15) is 0 Å². The highest BCUT2D eigenvalue weighted by Gasteiger charge is 2.16. The molecule has 1 unspecified atom stereocenters. The number of carbonyl (C=O) groups is 1. The minimum Gasteiger partial charge on any atom is -0.399 e. The van der Waals surface area contributed by atoms with E-state index in [4.69, 9.17) is 5.73 Å². The first kappa shape index (κ1) is 24.3. The Bertz CT molecular complexity index is 720. The molecule has 154 valence electrons. The topological polar surface area (TPSA) is 58.4 Å². The van der Waals surface area contributed by atoms with Crippen molar-refractivity contribution in [1.82, 2.24) is 10.2 Å².